The highest BCUT2D eigenvalue weighted by Gasteiger charge is 2.42. The summed E-state index contributed by atoms with van der Waals surface area (Å²) >= 11 is 5.76. The molecule has 2 aromatic carbocycles. The highest BCUT2D eigenvalue weighted by atomic mass is 32.1. The molecular weight excluding hydrogens is 510 g/mol. The number of para-hydroxylation sites is 1. The number of carboxylic acid groups (broad SMARTS) is 1. The van der Waals surface area contributed by atoms with E-state index in [0.717, 1.165) is 33.9 Å². The molecule has 1 saturated heterocycles. The van der Waals surface area contributed by atoms with Crippen LogP contribution in [-0.2, 0) is 4.79 Å². The molecule has 5 rings (SSSR count). The standard InChI is InChI=1S/C30H29N5O3S/c1-18-12-13-21(29(37)38)16-25(18)35-19(2)15-23(20(35)3)28-27(24-11-7-8-14-31-24)33-30(39)34(28)17-26(36)32-22-9-5-4-6-10-22/h4-16,27-28H,17H2,1-3H3,(H,32,36)(H,33,39)(H,37,38). The van der Waals surface area contributed by atoms with Crippen molar-refractivity contribution in [2.45, 2.75) is 32.9 Å². The van der Waals surface area contributed by atoms with E-state index in [-0.39, 0.29) is 30.1 Å². The molecule has 0 saturated carbocycles. The van der Waals surface area contributed by atoms with Crippen LogP contribution < -0.4 is 10.6 Å². The monoisotopic (exact) mass is 539 g/mol. The van der Waals surface area contributed by atoms with E-state index in [1.165, 1.54) is 0 Å². The lowest BCUT2D eigenvalue weighted by molar-refractivity contribution is -0.116. The van der Waals surface area contributed by atoms with Gasteiger partial charge in [0.1, 0.15) is 6.54 Å². The number of amides is 1. The average Bonchev–Trinajstić information content (AvgIpc) is 3.39. The number of pyridine rings is 1. The van der Waals surface area contributed by atoms with Gasteiger partial charge in [-0.05, 0) is 86.6 Å². The maximum Gasteiger partial charge on any atom is 0.335 e. The van der Waals surface area contributed by atoms with Gasteiger partial charge in [-0.25, -0.2) is 4.79 Å². The number of aryl methyl sites for hydroxylation is 2. The predicted octanol–water partition coefficient (Wildman–Crippen LogP) is 5.11. The van der Waals surface area contributed by atoms with Gasteiger partial charge in [-0.2, -0.15) is 0 Å². The first kappa shape index (κ1) is 26.1. The predicted molar refractivity (Wildman–Crippen MR) is 154 cm³/mol. The Balaban J connectivity index is 1.57. The van der Waals surface area contributed by atoms with Crippen LogP contribution in [0.25, 0.3) is 5.69 Å². The van der Waals surface area contributed by atoms with Gasteiger partial charge in [-0.3, -0.25) is 9.78 Å². The normalized spacial score (nSPS) is 16.7. The highest BCUT2D eigenvalue weighted by Crippen LogP contribution is 2.41. The second-order valence-corrected chi connectivity index (χ2v) is 10.0. The van der Waals surface area contributed by atoms with Crippen LogP contribution in [0.3, 0.4) is 0 Å². The first-order valence-corrected chi connectivity index (χ1v) is 13.0. The molecule has 0 spiro atoms. The third-order valence-corrected chi connectivity index (χ3v) is 7.41. The maximum atomic E-state index is 13.1. The van der Waals surface area contributed by atoms with E-state index in [1.54, 1.807) is 18.3 Å². The lowest BCUT2D eigenvalue weighted by Crippen LogP contribution is -2.37. The summed E-state index contributed by atoms with van der Waals surface area (Å²) in [5.41, 5.74) is 6.35. The molecule has 3 N–H and O–H groups in total. The molecule has 1 amide bonds. The number of rotatable bonds is 7. The number of anilines is 1. The number of aromatic carboxylic acids is 1. The first-order valence-electron chi connectivity index (χ1n) is 12.6. The fourth-order valence-electron chi connectivity index (χ4n) is 5.23. The van der Waals surface area contributed by atoms with Gasteiger partial charge in [0.05, 0.1) is 23.3 Å². The molecule has 3 heterocycles. The SMILES string of the molecule is Cc1ccc(C(=O)O)cc1-n1c(C)cc(C2C(c3ccccn3)NC(=S)N2CC(=O)Nc2ccccc2)c1C. The first-order chi connectivity index (χ1) is 18.7. The molecule has 0 bridgehead atoms. The Labute approximate surface area is 232 Å². The Kier molecular flexibility index (Phi) is 7.17. The number of carbonyl (C=O) groups is 2. The number of benzene rings is 2. The fourth-order valence-corrected chi connectivity index (χ4v) is 5.54. The van der Waals surface area contributed by atoms with E-state index in [2.05, 4.69) is 26.3 Å². The second-order valence-electron chi connectivity index (χ2n) is 9.64. The molecule has 0 aliphatic carbocycles. The molecule has 1 aliphatic rings. The van der Waals surface area contributed by atoms with E-state index in [1.807, 2.05) is 80.3 Å². The van der Waals surface area contributed by atoms with Crippen molar-refractivity contribution in [3.63, 3.8) is 0 Å². The van der Waals surface area contributed by atoms with Gasteiger partial charge in [0.25, 0.3) is 0 Å². The Bertz CT molecular complexity index is 1550. The number of hydrogen-bond donors (Lipinski definition) is 3. The van der Waals surface area contributed by atoms with Crippen molar-refractivity contribution < 1.29 is 14.7 Å². The largest absolute Gasteiger partial charge is 0.478 e. The van der Waals surface area contributed by atoms with Crippen LogP contribution in [0.2, 0.25) is 0 Å². The summed E-state index contributed by atoms with van der Waals surface area (Å²) in [5.74, 6) is -1.16. The van der Waals surface area contributed by atoms with Crippen LogP contribution in [0.4, 0.5) is 5.69 Å². The van der Waals surface area contributed by atoms with Gasteiger partial charge < -0.3 is 25.2 Å². The fraction of sp³-hybridized carbons (Fsp3) is 0.200. The Morgan fingerprint density at radius 1 is 1.03 bits per heavy atom. The highest BCUT2D eigenvalue weighted by molar-refractivity contribution is 7.80. The van der Waals surface area contributed by atoms with Crippen LogP contribution in [0.1, 0.15) is 50.7 Å². The molecule has 9 heteroatoms. The third-order valence-electron chi connectivity index (χ3n) is 7.06. The molecule has 1 fully saturated rings. The number of carbonyl (C=O) groups excluding carboxylic acids is 1. The number of carboxylic acids is 1. The summed E-state index contributed by atoms with van der Waals surface area (Å²) in [6, 6.07) is 21.7. The van der Waals surface area contributed by atoms with Gasteiger partial charge in [-0.15, -0.1) is 0 Å². The van der Waals surface area contributed by atoms with Gasteiger partial charge in [0.2, 0.25) is 5.91 Å². The van der Waals surface area contributed by atoms with Gasteiger partial charge in [0.15, 0.2) is 5.11 Å². The minimum atomic E-state index is -0.977. The molecule has 39 heavy (non-hydrogen) atoms. The second kappa shape index (κ2) is 10.7. The topological polar surface area (TPSA) is 99.5 Å². The average molecular weight is 540 g/mol. The van der Waals surface area contributed by atoms with E-state index >= 15 is 0 Å². The van der Waals surface area contributed by atoms with Crippen LogP contribution in [-0.4, -0.2) is 43.1 Å². The van der Waals surface area contributed by atoms with Gasteiger partial charge in [-0.1, -0.05) is 30.3 Å². The number of thiocarbonyl (C=S) groups is 1. The third kappa shape index (κ3) is 5.13. The Morgan fingerprint density at radius 2 is 1.77 bits per heavy atom. The van der Waals surface area contributed by atoms with Crippen LogP contribution in [0.15, 0.2) is 79.0 Å². The lowest BCUT2D eigenvalue weighted by atomic mass is 9.96. The molecule has 0 radical (unpaired) electrons. The number of nitrogens with zero attached hydrogens (tertiary/aromatic N) is 3. The molecule has 2 aromatic heterocycles. The summed E-state index contributed by atoms with van der Waals surface area (Å²) in [6.45, 7) is 6.01. The zero-order valence-corrected chi connectivity index (χ0v) is 22.7. The molecule has 198 valence electrons. The minimum absolute atomic E-state index is 0.0475. The molecule has 4 aromatic rings. The van der Waals surface area contributed by atoms with Gasteiger partial charge in [0, 0.05) is 29.0 Å². The van der Waals surface area contributed by atoms with Crippen LogP contribution in [0, 0.1) is 20.8 Å². The van der Waals surface area contributed by atoms with Gasteiger partial charge >= 0.3 is 5.97 Å². The van der Waals surface area contributed by atoms with Crippen molar-refractivity contribution in [3.8, 4) is 5.69 Å². The summed E-state index contributed by atoms with van der Waals surface area (Å²) in [7, 11) is 0. The van der Waals surface area contributed by atoms with E-state index in [9.17, 15) is 14.7 Å². The van der Waals surface area contributed by atoms with Crippen molar-refractivity contribution in [3.05, 3.63) is 113 Å². The van der Waals surface area contributed by atoms with E-state index in [4.69, 9.17) is 12.2 Å². The van der Waals surface area contributed by atoms with Crippen LogP contribution in [0.5, 0.6) is 0 Å². The zero-order valence-electron chi connectivity index (χ0n) is 21.9. The van der Waals surface area contributed by atoms with Crippen molar-refractivity contribution in [1.29, 1.82) is 0 Å². The van der Waals surface area contributed by atoms with Crippen molar-refractivity contribution in [1.82, 2.24) is 19.8 Å². The van der Waals surface area contributed by atoms with E-state index in [0.29, 0.717) is 10.8 Å². The van der Waals surface area contributed by atoms with E-state index < -0.39 is 5.97 Å². The van der Waals surface area contributed by atoms with Crippen molar-refractivity contribution in [2.24, 2.45) is 0 Å². The smallest absolute Gasteiger partial charge is 0.335 e. The lowest BCUT2D eigenvalue weighted by Gasteiger charge is -2.27. The summed E-state index contributed by atoms with van der Waals surface area (Å²) in [4.78, 5) is 31.3. The van der Waals surface area contributed by atoms with Crippen molar-refractivity contribution >= 4 is 34.9 Å². The van der Waals surface area contributed by atoms with Crippen molar-refractivity contribution in [2.75, 3.05) is 11.9 Å². The summed E-state index contributed by atoms with van der Waals surface area (Å²) in [6.07, 6.45) is 1.74. The zero-order chi connectivity index (χ0) is 27.7. The van der Waals surface area contributed by atoms with Crippen LogP contribution >= 0.6 is 12.2 Å². The number of aromatic nitrogens is 2. The molecule has 2 atom stereocenters. The molecular formula is C30H29N5O3S. The Morgan fingerprint density at radius 3 is 2.46 bits per heavy atom. The number of hydrogen-bond acceptors (Lipinski definition) is 4. The molecule has 1 aliphatic heterocycles. The number of nitrogens with one attached hydrogen (secondary N) is 2. The quantitative estimate of drug-likeness (QED) is 0.281. The minimum Gasteiger partial charge on any atom is -0.478 e. The maximum absolute atomic E-state index is 13.1. The molecule has 2 unspecified atom stereocenters. The summed E-state index contributed by atoms with van der Waals surface area (Å²) in [5, 5.41) is 16.4. The Hall–Kier alpha value is -4.50. The summed E-state index contributed by atoms with van der Waals surface area (Å²) < 4.78 is 2.07. The molecule has 8 nitrogen and oxygen atoms in total.